The molecule has 2 amide bonds. The second-order valence-electron chi connectivity index (χ2n) is 5.03. The van der Waals surface area contributed by atoms with E-state index < -0.39 is 0 Å². The van der Waals surface area contributed by atoms with Crippen molar-refractivity contribution in [1.82, 2.24) is 14.7 Å². The average molecular weight is 339 g/mol. The third-order valence-electron chi connectivity index (χ3n) is 3.52. The fourth-order valence-corrected chi connectivity index (χ4v) is 3.02. The Hall–Kier alpha value is -1.70. The summed E-state index contributed by atoms with van der Waals surface area (Å²) in [5.41, 5.74) is 0.746. The summed E-state index contributed by atoms with van der Waals surface area (Å²) in [6, 6.07) is 7.21. The van der Waals surface area contributed by atoms with Gasteiger partial charge in [0.25, 0.3) is 0 Å². The van der Waals surface area contributed by atoms with Gasteiger partial charge in [0.2, 0.25) is 5.13 Å². The van der Waals surface area contributed by atoms with Crippen molar-refractivity contribution in [2.45, 2.75) is 25.0 Å². The van der Waals surface area contributed by atoms with Gasteiger partial charge in [-0.25, -0.2) is 4.79 Å². The van der Waals surface area contributed by atoms with Gasteiger partial charge in [0.1, 0.15) is 0 Å². The molecule has 1 aromatic heterocycles. The first-order valence-corrected chi connectivity index (χ1v) is 7.99. The highest BCUT2D eigenvalue weighted by Gasteiger charge is 2.30. The first-order valence-electron chi connectivity index (χ1n) is 6.84. The van der Waals surface area contributed by atoms with Crippen LogP contribution in [0.3, 0.4) is 0 Å². The lowest BCUT2D eigenvalue weighted by molar-refractivity contribution is 0.0210. The number of urea groups is 1. The molecule has 116 valence electrons. The Morgan fingerprint density at radius 1 is 1.41 bits per heavy atom. The minimum Gasteiger partial charge on any atom is -0.381 e. The van der Waals surface area contributed by atoms with Gasteiger partial charge in [-0.05, 0) is 25.0 Å². The van der Waals surface area contributed by atoms with E-state index in [0.717, 1.165) is 29.9 Å². The fraction of sp³-hybridized carbons (Fsp3) is 0.357. The van der Waals surface area contributed by atoms with Gasteiger partial charge < -0.3 is 10.1 Å². The van der Waals surface area contributed by atoms with Gasteiger partial charge in [-0.15, -0.1) is 0 Å². The largest absolute Gasteiger partial charge is 0.381 e. The zero-order valence-corrected chi connectivity index (χ0v) is 13.4. The van der Waals surface area contributed by atoms with E-state index in [9.17, 15) is 4.79 Å². The van der Waals surface area contributed by atoms with Crippen LogP contribution >= 0.6 is 23.1 Å². The van der Waals surface area contributed by atoms with E-state index in [2.05, 4.69) is 20.0 Å². The Labute approximate surface area is 137 Å². The number of benzene rings is 1. The van der Waals surface area contributed by atoms with E-state index >= 15 is 0 Å². The van der Waals surface area contributed by atoms with Crippen LogP contribution in [-0.2, 0) is 4.74 Å². The Morgan fingerprint density at radius 3 is 2.91 bits per heavy atom. The molecule has 1 aliphatic rings. The fourth-order valence-electron chi connectivity index (χ4n) is 2.22. The molecular weight excluding hydrogens is 324 g/mol. The average Bonchev–Trinajstić information content (AvgIpc) is 2.91. The topological polar surface area (TPSA) is 76.1 Å². The summed E-state index contributed by atoms with van der Waals surface area (Å²) < 4.78 is 9.40. The molecule has 2 N–H and O–H groups in total. The second kappa shape index (κ2) is 6.60. The Kier molecular flexibility index (Phi) is 4.56. The van der Waals surface area contributed by atoms with Crippen molar-refractivity contribution >= 4 is 34.3 Å². The molecule has 1 fully saturated rings. The molecule has 1 saturated carbocycles. The molecule has 1 aliphatic carbocycles. The number of methoxy groups -OCH3 is 1. The molecule has 2 aromatic rings. The number of carbonyl (C=O) groups excluding carboxylic acids is 1. The molecule has 1 aromatic carbocycles. The number of hydrogen-bond acceptors (Lipinski definition) is 5. The van der Waals surface area contributed by atoms with Crippen LogP contribution in [0.1, 0.15) is 12.8 Å². The Balaban J connectivity index is 1.58. The maximum atomic E-state index is 11.9. The van der Waals surface area contributed by atoms with E-state index in [0.29, 0.717) is 16.0 Å². The highest BCUT2D eigenvalue weighted by Crippen LogP contribution is 2.27. The van der Waals surface area contributed by atoms with Crippen molar-refractivity contribution in [3.63, 3.8) is 0 Å². The smallest absolute Gasteiger partial charge is 0.321 e. The molecule has 0 saturated heterocycles. The molecule has 1 heterocycles. The van der Waals surface area contributed by atoms with Crippen molar-refractivity contribution in [1.29, 1.82) is 0 Å². The van der Waals surface area contributed by atoms with Crippen LogP contribution in [0.15, 0.2) is 24.3 Å². The lowest BCUT2D eigenvalue weighted by Crippen LogP contribution is -2.48. The van der Waals surface area contributed by atoms with Crippen LogP contribution in [0, 0.1) is 0 Å². The van der Waals surface area contributed by atoms with Crippen LogP contribution in [0.25, 0.3) is 11.4 Å². The second-order valence-corrected chi connectivity index (χ2v) is 6.19. The monoisotopic (exact) mass is 338 g/mol. The summed E-state index contributed by atoms with van der Waals surface area (Å²) >= 11 is 7.23. The number of anilines is 1. The number of aromatic nitrogens is 2. The van der Waals surface area contributed by atoms with Crippen molar-refractivity contribution < 1.29 is 9.53 Å². The number of carbonyl (C=O) groups is 1. The lowest BCUT2D eigenvalue weighted by Gasteiger charge is -2.34. The zero-order valence-electron chi connectivity index (χ0n) is 11.9. The molecule has 22 heavy (non-hydrogen) atoms. The van der Waals surface area contributed by atoms with Gasteiger partial charge in [-0.2, -0.15) is 9.36 Å². The molecule has 0 unspecified atom stereocenters. The van der Waals surface area contributed by atoms with E-state index in [1.54, 1.807) is 13.2 Å². The maximum absolute atomic E-state index is 11.9. The van der Waals surface area contributed by atoms with Crippen LogP contribution in [0.4, 0.5) is 9.93 Å². The van der Waals surface area contributed by atoms with Gasteiger partial charge in [0.05, 0.1) is 11.1 Å². The van der Waals surface area contributed by atoms with Crippen LogP contribution in [-0.4, -0.2) is 34.6 Å². The molecule has 0 radical (unpaired) electrons. The van der Waals surface area contributed by atoms with Crippen molar-refractivity contribution in [3.05, 3.63) is 29.3 Å². The van der Waals surface area contributed by atoms with Gasteiger partial charge in [0.15, 0.2) is 5.82 Å². The van der Waals surface area contributed by atoms with Gasteiger partial charge in [0, 0.05) is 30.2 Å². The number of nitrogens with zero attached hydrogens (tertiary/aromatic N) is 2. The Bertz CT molecular complexity index is 672. The number of hydrogen-bond donors (Lipinski definition) is 2. The van der Waals surface area contributed by atoms with Gasteiger partial charge >= 0.3 is 6.03 Å². The van der Waals surface area contributed by atoms with Crippen molar-refractivity contribution in [2.24, 2.45) is 0 Å². The lowest BCUT2D eigenvalue weighted by atomic mass is 9.89. The quantitative estimate of drug-likeness (QED) is 0.897. The summed E-state index contributed by atoms with van der Waals surface area (Å²) in [5.74, 6) is 0.508. The minimum atomic E-state index is -0.276. The molecule has 8 heteroatoms. The van der Waals surface area contributed by atoms with Crippen molar-refractivity contribution in [2.75, 3.05) is 12.4 Å². The zero-order chi connectivity index (χ0) is 15.5. The number of nitrogens with one attached hydrogen (secondary N) is 2. The summed E-state index contributed by atoms with van der Waals surface area (Å²) in [4.78, 5) is 16.2. The summed E-state index contributed by atoms with van der Waals surface area (Å²) in [6.07, 6.45) is 1.93. The number of amides is 2. The number of rotatable bonds is 4. The molecular formula is C14H15ClN4O2S. The number of ether oxygens (including phenoxy) is 1. The first kappa shape index (κ1) is 15.2. The van der Waals surface area contributed by atoms with E-state index in [-0.39, 0.29) is 18.2 Å². The highest BCUT2D eigenvalue weighted by molar-refractivity contribution is 7.10. The number of halogens is 1. The molecule has 6 nitrogen and oxygen atoms in total. The third kappa shape index (κ3) is 3.37. The van der Waals surface area contributed by atoms with E-state index in [4.69, 9.17) is 16.3 Å². The predicted molar refractivity (Wildman–Crippen MR) is 86.3 cm³/mol. The van der Waals surface area contributed by atoms with Gasteiger partial charge in [-0.3, -0.25) is 5.32 Å². The molecule has 0 atom stereocenters. The van der Waals surface area contributed by atoms with Gasteiger partial charge in [-0.1, -0.05) is 23.7 Å². The van der Waals surface area contributed by atoms with Crippen LogP contribution in [0.2, 0.25) is 5.02 Å². The Morgan fingerprint density at radius 2 is 2.18 bits per heavy atom. The van der Waals surface area contributed by atoms with E-state index in [1.165, 1.54) is 0 Å². The van der Waals surface area contributed by atoms with Crippen LogP contribution < -0.4 is 10.6 Å². The van der Waals surface area contributed by atoms with Crippen LogP contribution in [0.5, 0.6) is 0 Å². The molecule has 0 aliphatic heterocycles. The summed E-state index contributed by atoms with van der Waals surface area (Å²) in [7, 11) is 1.68. The maximum Gasteiger partial charge on any atom is 0.321 e. The molecule has 0 spiro atoms. The summed E-state index contributed by atoms with van der Waals surface area (Å²) in [6.45, 7) is 0. The normalized spacial score (nSPS) is 20.3. The SMILES string of the molecule is COC1CC(NC(=O)Nc2nc(-c3ccccc3Cl)ns2)C1. The molecule has 3 rings (SSSR count). The predicted octanol–water partition coefficient (Wildman–Crippen LogP) is 3.16. The standard InChI is InChI=1S/C14H15ClN4O2S/c1-21-9-6-8(7-9)16-13(20)18-14-17-12(19-22-14)10-4-2-3-5-11(10)15/h2-5,8-9H,6-7H2,1H3,(H2,16,17,18,19,20). The minimum absolute atomic E-state index is 0.154. The summed E-state index contributed by atoms with van der Waals surface area (Å²) in [5, 5.41) is 6.59. The van der Waals surface area contributed by atoms with E-state index in [1.807, 2.05) is 18.2 Å². The van der Waals surface area contributed by atoms with Crippen molar-refractivity contribution in [3.8, 4) is 11.4 Å². The first-order chi connectivity index (χ1) is 10.7. The highest BCUT2D eigenvalue weighted by atomic mass is 35.5. The molecule has 0 bridgehead atoms. The third-order valence-corrected chi connectivity index (χ3v) is 4.48.